The molecule has 0 radical (unpaired) electrons. The minimum atomic E-state index is -3.79. The van der Waals surface area contributed by atoms with Gasteiger partial charge >= 0.3 is 5.97 Å². The molecule has 3 aromatic rings. The van der Waals surface area contributed by atoms with Crippen molar-refractivity contribution in [2.75, 3.05) is 24.5 Å². The lowest BCUT2D eigenvalue weighted by atomic mass is 10.0. The number of rotatable bonds is 7. The number of nitrogens with zero attached hydrogens (tertiary/aromatic N) is 2. The van der Waals surface area contributed by atoms with E-state index in [4.69, 9.17) is 4.74 Å². The maximum atomic E-state index is 13.2. The number of sulfonamides is 1. The number of fused-ring (bicyclic) bond motifs is 1. The molecule has 35 heavy (non-hydrogen) atoms. The number of amides is 1. The Morgan fingerprint density at radius 3 is 2.40 bits per heavy atom. The van der Waals surface area contributed by atoms with Crippen molar-refractivity contribution in [2.24, 2.45) is 0 Å². The van der Waals surface area contributed by atoms with Gasteiger partial charge in [0, 0.05) is 20.1 Å². The smallest absolute Gasteiger partial charge is 0.338 e. The summed E-state index contributed by atoms with van der Waals surface area (Å²) in [5, 5.41) is 0. The third kappa shape index (κ3) is 5.51. The lowest BCUT2D eigenvalue weighted by Crippen LogP contribution is -2.35. The monoisotopic (exact) mass is 496 g/mol. The molecule has 0 N–H and O–H groups in total. The van der Waals surface area contributed by atoms with Crippen molar-refractivity contribution >= 4 is 27.6 Å². The number of carbonyl (C=O) groups is 2. The van der Waals surface area contributed by atoms with Gasteiger partial charge in [0.25, 0.3) is 15.9 Å². The second-order valence-electron chi connectivity index (χ2n) is 8.29. The van der Waals surface area contributed by atoms with Crippen LogP contribution in [0.3, 0.4) is 0 Å². The number of esters is 1. The number of aryl methyl sites for hydroxylation is 1. The summed E-state index contributed by atoms with van der Waals surface area (Å²) in [5.41, 5.74) is 2.53. The van der Waals surface area contributed by atoms with E-state index >= 15 is 0 Å². The lowest BCUT2D eigenvalue weighted by Gasteiger charge is -2.30. The van der Waals surface area contributed by atoms with E-state index in [1.807, 2.05) is 18.2 Å². The van der Waals surface area contributed by atoms with Crippen LogP contribution >= 0.6 is 0 Å². The van der Waals surface area contributed by atoms with Crippen molar-refractivity contribution in [3.05, 3.63) is 95.3 Å². The average Bonchev–Trinajstić information content (AvgIpc) is 2.88. The molecule has 0 atom stereocenters. The van der Waals surface area contributed by atoms with E-state index in [0.717, 1.165) is 24.0 Å². The van der Waals surface area contributed by atoms with Gasteiger partial charge in [-0.3, -0.25) is 9.10 Å². The number of likely N-dealkylation sites (N-methyl/N-ethyl adjacent to an activating group) is 1. The summed E-state index contributed by atoms with van der Waals surface area (Å²) in [5.74, 6) is -1.53. The van der Waals surface area contributed by atoms with Crippen molar-refractivity contribution in [1.29, 1.82) is 0 Å². The van der Waals surface area contributed by atoms with Crippen LogP contribution < -0.4 is 4.31 Å². The van der Waals surface area contributed by atoms with Gasteiger partial charge in [-0.2, -0.15) is 0 Å². The molecule has 1 amide bonds. The molecule has 0 saturated carbocycles. The first-order valence-electron chi connectivity index (χ1n) is 11.1. The fraction of sp³-hybridized carbons (Fsp3) is 0.231. The molecule has 0 saturated heterocycles. The van der Waals surface area contributed by atoms with Gasteiger partial charge in [0.05, 0.1) is 16.1 Å². The highest BCUT2D eigenvalue weighted by Crippen LogP contribution is 2.31. The maximum Gasteiger partial charge on any atom is 0.338 e. The van der Waals surface area contributed by atoms with E-state index in [9.17, 15) is 22.4 Å². The highest BCUT2D eigenvalue weighted by atomic mass is 32.2. The summed E-state index contributed by atoms with van der Waals surface area (Å²) in [7, 11) is -2.24. The Morgan fingerprint density at radius 1 is 1.00 bits per heavy atom. The molecule has 0 fully saturated rings. The van der Waals surface area contributed by atoms with Crippen molar-refractivity contribution < 1.29 is 27.1 Å². The molecule has 7 nitrogen and oxygen atoms in total. The minimum Gasteiger partial charge on any atom is -0.452 e. The first-order chi connectivity index (χ1) is 16.8. The number of hydrogen-bond donors (Lipinski definition) is 0. The Balaban J connectivity index is 1.37. The lowest BCUT2D eigenvalue weighted by molar-refractivity contribution is -0.133. The summed E-state index contributed by atoms with van der Waals surface area (Å²) in [6, 6.07) is 18.7. The number of carbonyl (C=O) groups excluding carboxylic acids is 2. The molecular weight excluding hydrogens is 471 g/mol. The SMILES string of the molecule is CN(Cc1ccc(F)cc1)C(=O)COC(=O)c1ccc(S(=O)(=O)N2CCCc3ccccc32)cc1. The highest BCUT2D eigenvalue weighted by Gasteiger charge is 2.29. The molecule has 0 aromatic heterocycles. The van der Waals surface area contributed by atoms with Gasteiger partial charge in [-0.1, -0.05) is 30.3 Å². The summed E-state index contributed by atoms with van der Waals surface area (Å²) >= 11 is 0. The molecular formula is C26H25FN2O5S. The van der Waals surface area contributed by atoms with Crippen LogP contribution in [0, 0.1) is 5.82 Å². The van der Waals surface area contributed by atoms with Crippen molar-refractivity contribution in [3.63, 3.8) is 0 Å². The summed E-state index contributed by atoms with van der Waals surface area (Å²) in [6.45, 7) is 0.153. The summed E-state index contributed by atoms with van der Waals surface area (Å²) < 4.78 is 46.0. The van der Waals surface area contributed by atoms with Crippen LogP contribution in [-0.4, -0.2) is 45.4 Å². The largest absolute Gasteiger partial charge is 0.452 e. The van der Waals surface area contributed by atoms with E-state index in [1.165, 1.54) is 45.6 Å². The topological polar surface area (TPSA) is 84.0 Å². The number of hydrogen-bond acceptors (Lipinski definition) is 5. The Hall–Kier alpha value is -3.72. The quantitative estimate of drug-likeness (QED) is 0.465. The van der Waals surface area contributed by atoms with Gasteiger partial charge in [0.15, 0.2) is 6.61 Å². The van der Waals surface area contributed by atoms with E-state index in [-0.39, 0.29) is 22.8 Å². The molecule has 0 aliphatic carbocycles. The predicted octanol–water partition coefficient (Wildman–Crippen LogP) is 3.78. The average molecular weight is 497 g/mol. The Kier molecular flexibility index (Phi) is 7.16. The fourth-order valence-electron chi connectivity index (χ4n) is 3.91. The van der Waals surface area contributed by atoms with Gasteiger partial charge < -0.3 is 9.64 Å². The number of anilines is 1. The summed E-state index contributed by atoms with van der Waals surface area (Å²) in [4.78, 5) is 26.1. The number of para-hydroxylation sites is 1. The standard InChI is InChI=1S/C26H25FN2O5S/c1-28(17-19-8-12-22(27)13-9-19)25(30)18-34-26(31)21-10-14-23(15-11-21)35(32,33)29-16-4-6-20-5-2-3-7-24(20)29/h2-3,5,7-15H,4,6,16-18H2,1H3. The third-order valence-electron chi connectivity index (χ3n) is 5.83. The van der Waals surface area contributed by atoms with Crippen LogP contribution in [0.1, 0.15) is 27.9 Å². The number of ether oxygens (including phenoxy) is 1. The zero-order valence-electron chi connectivity index (χ0n) is 19.2. The molecule has 0 spiro atoms. The van der Waals surface area contributed by atoms with Gasteiger partial charge in [0.1, 0.15) is 5.82 Å². The van der Waals surface area contributed by atoms with E-state index in [2.05, 4.69) is 0 Å². The molecule has 0 unspecified atom stereocenters. The van der Waals surface area contributed by atoms with Gasteiger partial charge in [0.2, 0.25) is 0 Å². The molecule has 1 aliphatic heterocycles. The molecule has 3 aromatic carbocycles. The zero-order valence-corrected chi connectivity index (χ0v) is 20.0. The molecule has 4 rings (SSSR count). The third-order valence-corrected chi connectivity index (χ3v) is 7.66. The van der Waals surface area contributed by atoms with Crippen LogP contribution in [0.15, 0.2) is 77.7 Å². The number of benzene rings is 3. The molecule has 1 heterocycles. The minimum absolute atomic E-state index is 0.0702. The second-order valence-corrected chi connectivity index (χ2v) is 10.1. The van der Waals surface area contributed by atoms with Crippen molar-refractivity contribution in [3.8, 4) is 0 Å². The molecule has 182 valence electrons. The van der Waals surface area contributed by atoms with Crippen LogP contribution in [0.5, 0.6) is 0 Å². The van der Waals surface area contributed by atoms with Crippen LogP contribution in [0.25, 0.3) is 0 Å². The van der Waals surface area contributed by atoms with E-state index in [1.54, 1.807) is 25.2 Å². The maximum absolute atomic E-state index is 13.2. The molecule has 9 heteroatoms. The van der Waals surface area contributed by atoms with Crippen LogP contribution in [0.4, 0.5) is 10.1 Å². The van der Waals surface area contributed by atoms with E-state index < -0.39 is 28.5 Å². The zero-order chi connectivity index (χ0) is 25.0. The Morgan fingerprint density at radius 2 is 1.69 bits per heavy atom. The summed E-state index contributed by atoms with van der Waals surface area (Å²) in [6.07, 6.45) is 1.55. The highest BCUT2D eigenvalue weighted by molar-refractivity contribution is 7.92. The van der Waals surface area contributed by atoms with Gasteiger partial charge in [-0.05, 0) is 66.4 Å². The normalized spacial score (nSPS) is 13.1. The second kappa shape index (κ2) is 10.3. The Labute approximate surface area is 203 Å². The van der Waals surface area contributed by atoms with Crippen molar-refractivity contribution in [2.45, 2.75) is 24.3 Å². The molecule has 0 bridgehead atoms. The van der Waals surface area contributed by atoms with Crippen molar-refractivity contribution in [1.82, 2.24) is 4.90 Å². The number of halogens is 1. The van der Waals surface area contributed by atoms with E-state index in [0.29, 0.717) is 12.2 Å². The fourth-order valence-corrected chi connectivity index (χ4v) is 5.45. The first kappa shape index (κ1) is 24.4. The Bertz CT molecular complexity index is 1320. The van der Waals surface area contributed by atoms with Gasteiger partial charge in [-0.25, -0.2) is 17.6 Å². The van der Waals surface area contributed by atoms with Crippen LogP contribution in [-0.2, 0) is 32.5 Å². The van der Waals surface area contributed by atoms with Gasteiger partial charge in [-0.15, -0.1) is 0 Å². The van der Waals surface area contributed by atoms with Crippen LogP contribution in [0.2, 0.25) is 0 Å². The predicted molar refractivity (Wildman–Crippen MR) is 129 cm³/mol. The molecule has 1 aliphatic rings. The first-order valence-corrected chi connectivity index (χ1v) is 12.6.